The second-order valence-electron chi connectivity index (χ2n) is 7.43. The molecule has 8 nitrogen and oxygen atoms in total. The Bertz CT molecular complexity index is 1050. The van der Waals surface area contributed by atoms with Crippen LogP contribution >= 0.6 is 11.8 Å². The molecule has 0 bridgehead atoms. The first-order chi connectivity index (χ1) is 14.2. The van der Waals surface area contributed by atoms with E-state index in [9.17, 15) is 13.2 Å². The molecule has 30 heavy (non-hydrogen) atoms. The normalized spacial score (nSPS) is 20.2. The number of thioether (sulfide) groups is 1. The van der Waals surface area contributed by atoms with E-state index in [2.05, 4.69) is 5.10 Å². The number of nitrogens with zero attached hydrogens (tertiary/aromatic N) is 3. The molecule has 2 aliphatic heterocycles. The third kappa shape index (κ3) is 3.68. The van der Waals surface area contributed by atoms with Gasteiger partial charge >= 0.3 is 0 Å². The van der Waals surface area contributed by atoms with Crippen molar-refractivity contribution in [2.45, 2.75) is 23.8 Å². The summed E-state index contributed by atoms with van der Waals surface area (Å²) in [6.45, 7) is 2.42. The van der Waals surface area contributed by atoms with Gasteiger partial charge in [0.2, 0.25) is 0 Å². The summed E-state index contributed by atoms with van der Waals surface area (Å²) < 4.78 is 56.3. The SMILES string of the molecule is [B]C(F)C(=N)SC(=N)c1cnn2c(N3CCC4(CC3)COC4)c(F)c(S(=O)O)cc12. The number of hydrogen-bond donors (Lipinski definition) is 3. The van der Waals surface area contributed by atoms with Gasteiger partial charge in [0, 0.05) is 18.5 Å². The molecule has 0 aliphatic carbocycles. The number of aromatic nitrogens is 2. The van der Waals surface area contributed by atoms with E-state index in [1.54, 1.807) is 4.90 Å². The van der Waals surface area contributed by atoms with E-state index < -0.39 is 32.9 Å². The van der Waals surface area contributed by atoms with Crippen LogP contribution in [0.1, 0.15) is 18.4 Å². The largest absolute Gasteiger partial charge is 0.380 e. The van der Waals surface area contributed by atoms with E-state index in [0.717, 1.165) is 18.9 Å². The summed E-state index contributed by atoms with van der Waals surface area (Å²) in [6, 6.07) is 1.15. The third-order valence-corrected chi connectivity index (χ3v) is 7.07. The molecule has 2 aromatic rings. The highest BCUT2D eigenvalue weighted by atomic mass is 32.2. The Morgan fingerprint density at radius 1 is 1.40 bits per heavy atom. The summed E-state index contributed by atoms with van der Waals surface area (Å²) in [7, 11) is 5.03. The van der Waals surface area contributed by atoms with Crippen molar-refractivity contribution in [3.05, 3.63) is 23.6 Å². The van der Waals surface area contributed by atoms with Crippen LogP contribution in [0.3, 0.4) is 0 Å². The van der Waals surface area contributed by atoms with Crippen molar-refractivity contribution >= 4 is 52.1 Å². The minimum atomic E-state index is -2.60. The van der Waals surface area contributed by atoms with E-state index in [0.29, 0.717) is 38.1 Å². The molecule has 0 amide bonds. The summed E-state index contributed by atoms with van der Waals surface area (Å²) in [5, 5.41) is 19.1. The van der Waals surface area contributed by atoms with E-state index in [-0.39, 0.29) is 27.4 Å². The number of halogens is 2. The second-order valence-corrected chi connectivity index (χ2v) is 9.42. The zero-order chi connectivity index (χ0) is 21.6. The molecule has 0 saturated carbocycles. The maximum Gasteiger partial charge on any atom is 0.189 e. The number of alkyl halides is 1. The van der Waals surface area contributed by atoms with Gasteiger partial charge in [-0.05, 0) is 18.9 Å². The minimum absolute atomic E-state index is 0.0429. The molecule has 4 heterocycles. The fraction of sp³-hybridized carbons (Fsp3) is 0.471. The number of piperidine rings is 1. The highest BCUT2D eigenvalue weighted by molar-refractivity contribution is 8.27. The molecular formula is C17H18BF2N5O3S2. The third-order valence-electron chi connectivity index (χ3n) is 5.52. The maximum absolute atomic E-state index is 15.2. The first-order valence-corrected chi connectivity index (χ1v) is 11.0. The predicted octanol–water partition coefficient (Wildman–Crippen LogP) is 2.17. The lowest BCUT2D eigenvalue weighted by molar-refractivity contribution is -0.124. The topological polar surface area (TPSA) is 115 Å². The summed E-state index contributed by atoms with van der Waals surface area (Å²) in [5.41, 5.74) is 0.510. The Kier molecular flexibility index (Phi) is 5.72. The van der Waals surface area contributed by atoms with Crippen molar-refractivity contribution in [2.75, 3.05) is 31.2 Å². The van der Waals surface area contributed by atoms with E-state index in [1.165, 1.54) is 10.7 Å². The van der Waals surface area contributed by atoms with Crippen LogP contribution in [0, 0.1) is 22.1 Å². The highest BCUT2D eigenvalue weighted by Crippen LogP contribution is 2.40. The number of hydrogen-bond acceptors (Lipinski definition) is 7. The smallest absolute Gasteiger partial charge is 0.189 e. The summed E-state index contributed by atoms with van der Waals surface area (Å²) >= 11 is -2.10. The first kappa shape index (κ1) is 21.4. The molecule has 2 atom stereocenters. The lowest BCUT2D eigenvalue weighted by atomic mass is 9.77. The van der Waals surface area contributed by atoms with Gasteiger partial charge in [-0.25, -0.2) is 13.1 Å². The number of fused-ring (bicyclic) bond motifs is 1. The van der Waals surface area contributed by atoms with Gasteiger partial charge in [0.25, 0.3) is 0 Å². The van der Waals surface area contributed by atoms with Gasteiger partial charge < -0.3 is 14.2 Å². The van der Waals surface area contributed by atoms with Crippen molar-refractivity contribution in [3.8, 4) is 0 Å². The monoisotopic (exact) mass is 453 g/mol. The highest BCUT2D eigenvalue weighted by Gasteiger charge is 2.42. The molecular weight excluding hydrogens is 435 g/mol. The number of rotatable bonds is 4. The molecule has 158 valence electrons. The molecule has 4 rings (SSSR count). The molecule has 0 aromatic carbocycles. The lowest BCUT2D eigenvalue weighted by Gasteiger charge is -2.47. The van der Waals surface area contributed by atoms with Gasteiger partial charge in [0.1, 0.15) is 23.9 Å². The van der Waals surface area contributed by atoms with Gasteiger partial charge in [0.15, 0.2) is 22.7 Å². The Morgan fingerprint density at radius 3 is 2.60 bits per heavy atom. The van der Waals surface area contributed by atoms with Crippen LogP contribution in [0.2, 0.25) is 0 Å². The van der Waals surface area contributed by atoms with Crippen LogP contribution in [0.4, 0.5) is 14.6 Å². The van der Waals surface area contributed by atoms with Crippen LogP contribution in [-0.4, -0.2) is 68.7 Å². The predicted molar refractivity (Wildman–Crippen MR) is 112 cm³/mol. The van der Waals surface area contributed by atoms with Crippen LogP contribution in [-0.2, 0) is 15.8 Å². The number of nitrogens with one attached hydrogen (secondary N) is 2. The molecule has 2 saturated heterocycles. The fourth-order valence-electron chi connectivity index (χ4n) is 3.72. The van der Waals surface area contributed by atoms with Crippen molar-refractivity contribution in [1.29, 1.82) is 10.8 Å². The van der Waals surface area contributed by atoms with Crippen LogP contribution in [0.15, 0.2) is 17.2 Å². The van der Waals surface area contributed by atoms with Crippen molar-refractivity contribution in [1.82, 2.24) is 9.61 Å². The molecule has 2 unspecified atom stereocenters. The quantitative estimate of drug-likeness (QED) is 0.283. The molecule has 1 spiro atoms. The summed E-state index contributed by atoms with van der Waals surface area (Å²) in [4.78, 5) is 1.34. The van der Waals surface area contributed by atoms with E-state index in [4.69, 9.17) is 23.4 Å². The van der Waals surface area contributed by atoms with Gasteiger partial charge in [-0.2, -0.15) is 5.10 Å². The number of ether oxygens (including phenoxy) is 1. The Hall–Kier alpha value is -1.83. The molecule has 2 fully saturated rings. The van der Waals surface area contributed by atoms with Gasteiger partial charge in [-0.3, -0.25) is 15.2 Å². The zero-order valence-corrected chi connectivity index (χ0v) is 17.4. The molecule has 2 aromatic heterocycles. The van der Waals surface area contributed by atoms with E-state index in [1.807, 2.05) is 0 Å². The average Bonchev–Trinajstić information content (AvgIpc) is 3.09. The van der Waals surface area contributed by atoms with Crippen LogP contribution in [0.5, 0.6) is 0 Å². The standard InChI is InChI=1S/C17H18BF2N5O3S2/c18-13(20)15(22)29-14(21)9-6-23-25-10(9)5-11(30(26)27)12(19)16(25)24-3-1-17(2-4-24)7-28-8-17/h5-6,13,21-22H,1-4,7-8H2,(H,26,27). The lowest BCUT2D eigenvalue weighted by Crippen LogP contribution is -2.51. The van der Waals surface area contributed by atoms with Crippen molar-refractivity contribution in [2.24, 2.45) is 5.41 Å². The molecule has 2 radical (unpaired) electrons. The summed E-state index contributed by atoms with van der Waals surface area (Å²) in [6.07, 6.45) is 0.860. The average molecular weight is 453 g/mol. The Labute approximate surface area is 179 Å². The van der Waals surface area contributed by atoms with Crippen LogP contribution in [0.25, 0.3) is 5.52 Å². The summed E-state index contributed by atoms with van der Waals surface area (Å²) in [5.74, 6) is -0.808. The van der Waals surface area contributed by atoms with Gasteiger partial charge in [0.05, 0.1) is 35.5 Å². The maximum atomic E-state index is 15.2. The molecule has 13 heteroatoms. The zero-order valence-electron chi connectivity index (χ0n) is 15.7. The van der Waals surface area contributed by atoms with Gasteiger partial charge in [-0.15, -0.1) is 0 Å². The molecule has 2 aliphatic rings. The number of anilines is 1. The minimum Gasteiger partial charge on any atom is -0.380 e. The number of pyridine rings is 1. The molecule has 3 N–H and O–H groups in total. The Balaban J connectivity index is 1.75. The second kappa shape index (κ2) is 8.02. The Morgan fingerprint density at radius 2 is 2.07 bits per heavy atom. The van der Waals surface area contributed by atoms with Crippen LogP contribution < -0.4 is 4.90 Å². The van der Waals surface area contributed by atoms with Gasteiger partial charge in [-0.1, -0.05) is 11.8 Å². The first-order valence-electron chi connectivity index (χ1n) is 9.11. The van der Waals surface area contributed by atoms with Crippen molar-refractivity contribution < 1.29 is 22.3 Å². The fourth-order valence-corrected chi connectivity index (χ4v) is 4.78. The van der Waals surface area contributed by atoms with Crippen molar-refractivity contribution in [3.63, 3.8) is 0 Å². The van der Waals surface area contributed by atoms with E-state index >= 15 is 4.39 Å².